The van der Waals surface area contributed by atoms with Gasteiger partial charge in [-0.2, -0.15) is 0 Å². The van der Waals surface area contributed by atoms with Crippen molar-refractivity contribution in [3.63, 3.8) is 0 Å². The van der Waals surface area contributed by atoms with Gasteiger partial charge in [0, 0.05) is 13.1 Å². The topological polar surface area (TPSA) is 180 Å². The highest BCUT2D eigenvalue weighted by molar-refractivity contribution is 6.48. The highest BCUT2D eigenvalue weighted by atomic mass is 16.7. The summed E-state index contributed by atoms with van der Waals surface area (Å²) in [5.74, 6) is 0.123. The molecule has 0 aromatic carbocycles. The first-order valence-electron chi connectivity index (χ1n) is 18.2. The smallest absolute Gasteiger partial charge is 0.404 e. The van der Waals surface area contributed by atoms with Gasteiger partial charge in [-0.05, 0) is 68.6 Å². The second-order valence-electron chi connectivity index (χ2n) is 15.2. The van der Waals surface area contributed by atoms with Crippen molar-refractivity contribution in [2.24, 2.45) is 23.2 Å². The molecule has 4 fully saturated rings. The molecule has 0 aromatic heterocycles. The predicted molar refractivity (Wildman–Crippen MR) is 184 cm³/mol. The van der Waals surface area contributed by atoms with E-state index in [0.29, 0.717) is 31.2 Å². The van der Waals surface area contributed by atoms with Gasteiger partial charge in [0.2, 0.25) is 5.91 Å². The van der Waals surface area contributed by atoms with Crippen LogP contribution in [0.2, 0.25) is 0 Å². The number of nitro groups is 1. The van der Waals surface area contributed by atoms with Gasteiger partial charge in [0.15, 0.2) is 5.03 Å². The summed E-state index contributed by atoms with van der Waals surface area (Å²) in [4.78, 5) is 37.3. The molecule has 0 radical (unpaired) electrons. The Balaban J connectivity index is 1.55. The van der Waals surface area contributed by atoms with E-state index in [1.54, 1.807) is 5.43 Å². The van der Waals surface area contributed by atoms with Crippen molar-refractivity contribution < 1.29 is 23.9 Å². The van der Waals surface area contributed by atoms with Crippen molar-refractivity contribution in [2.45, 2.75) is 155 Å². The van der Waals surface area contributed by atoms with Crippen LogP contribution in [0.25, 0.3) is 0 Å². The summed E-state index contributed by atoms with van der Waals surface area (Å²) in [6, 6.07) is -1.26. The van der Waals surface area contributed by atoms with Gasteiger partial charge in [-0.15, -0.1) is 0 Å². The molecule has 47 heavy (non-hydrogen) atoms. The molecule has 1 saturated heterocycles. The molecule has 4 aliphatic rings. The first-order chi connectivity index (χ1) is 22.3. The Kier molecular flexibility index (Phi) is 15.1. The van der Waals surface area contributed by atoms with E-state index in [1.807, 2.05) is 0 Å². The van der Waals surface area contributed by atoms with E-state index in [0.717, 1.165) is 32.1 Å². The summed E-state index contributed by atoms with van der Waals surface area (Å²) in [6.07, 6.45) is 14.1. The number of carbonyl (C=O) groups excluding carboxylic acids is 2. The van der Waals surface area contributed by atoms with Crippen LogP contribution >= 0.6 is 0 Å². The Morgan fingerprint density at radius 2 is 1.60 bits per heavy atom. The van der Waals surface area contributed by atoms with E-state index >= 15 is 0 Å². The maximum atomic E-state index is 13.8. The molecule has 14 heteroatoms. The van der Waals surface area contributed by atoms with E-state index in [9.17, 15) is 19.7 Å². The molecule has 3 saturated carbocycles. The van der Waals surface area contributed by atoms with Crippen LogP contribution in [0.1, 0.15) is 131 Å². The first-order valence-corrected chi connectivity index (χ1v) is 18.2. The number of nitrogens with zero attached hydrogens (tertiary/aromatic N) is 1. The van der Waals surface area contributed by atoms with E-state index in [1.165, 1.54) is 38.5 Å². The molecule has 6 atom stereocenters. The number of hydrazine groups is 1. The van der Waals surface area contributed by atoms with Crippen LogP contribution in [-0.2, 0) is 14.1 Å². The van der Waals surface area contributed by atoms with Crippen molar-refractivity contribution in [2.75, 3.05) is 13.1 Å². The molecule has 268 valence electrons. The first kappa shape index (κ1) is 38.8. The largest absolute Gasteiger partial charge is 0.481 e. The molecule has 2 bridgehead atoms. The lowest BCUT2D eigenvalue weighted by Gasteiger charge is -2.64. The molecule has 0 spiro atoms. The van der Waals surface area contributed by atoms with Crippen LogP contribution in [0, 0.1) is 38.7 Å². The van der Waals surface area contributed by atoms with Gasteiger partial charge in [0.05, 0.1) is 17.6 Å². The number of amides is 3. The number of guanidine groups is 1. The zero-order valence-corrected chi connectivity index (χ0v) is 29.8. The van der Waals surface area contributed by atoms with Crippen LogP contribution in [0.4, 0.5) is 4.79 Å². The molecular weight excluding hydrogens is 601 g/mol. The minimum absolute atomic E-state index is 0.00855. The molecular formula is C33H62BN7O6. The lowest BCUT2D eigenvalue weighted by molar-refractivity contribution is -0.525. The fourth-order valence-electron chi connectivity index (χ4n) is 7.87. The fraction of sp³-hybridized carbons (Fsp3) is 0.909. The highest BCUT2D eigenvalue weighted by Crippen LogP contribution is 2.65. The molecule has 1 aliphatic heterocycles. The summed E-state index contributed by atoms with van der Waals surface area (Å²) in [5, 5.41) is 28.9. The molecule has 3 aliphatic carbocycles. The minimum Gasteiger partial charge on any atom is -0.404 e. The van der Waals surface area contributed by atoms with Gasteiger partial charge in [0.1, 0.15) is 6.04 Å². The zero-order valence-electron chi connectivity index (χ0n) is 29.8. The van der Waals surface area contributed by atoms with E-state index in [2.05, 4.69) is 62.8 Å². The van der Waals surface area contributed by atoms with E-state index in [4.69, 9.17) is 14.7 Å². The second kappa shape index (κ2) is 18.2. The standard InChI is InChI=1S/C33H62BN7O6/c1-7-8-9-10-11-12-13-14-15-18-37-31(43)38-25(17-16-19-36-30(35)40-41(44)45)29(42)39-28(20-23(2)3)34-46-27-22-24-21-26(32(24,4)5)33(27,6)47-34/h23-28H,7-22H2,1-6H3,(H,39,42)(H3,35,36,40)(H2,37,38,43)/t24-,25-,26-,27+,28-,33-/m0/s1. The normalized spacial score (nSPS) is 25.3. The van der Waals surface area contributed by atoms with Gasteiger partial charge < -0.3 is 30.6 Å². The fourth-order valence-corrected chi connectivity index (χ4v) is 7.87. The lowest BCUT2D eigenvalue weighted by atomic mass is 9.43. The second-order valence-corrected chi connectivity index (χ2v) is 15.2. The predicted octanol–water partition coefficient (Wildman–Crippen LogP) is 5.07. The number of rotatable bonds is 21. The van der Waals surface area contributed by atoms with Crippen LogP contribution in [0.15, 0.2) is 0 Å². The quantitative estimate of drug-likeness (QED) is 0.0246. The maximum Gasteiger partial charge on any atom is 0.481 e. The van der Waals surface area contributed by atoms with E-state index in [-0.39, 0.29) is 36.3 Å². The molecule has 1 heterocycles. The number of hydrogen-bond donors (Lipinski definition) is 6. The maximum absolute atomic E-state index is 13.8. The number of urea groups is 1. The molecule has 0 unspecified atom stereocenters. The number of carbonyl (C=O) groups is 2. The van der Waals surface area contributed by atoms with Crippen LogP contribution in [0.3, 0.4) is 0 Å². The third-order valence-electron chi connectivity index (χ3n) is 10.7. The SMILES string of the molecule is CCCCCCCCCCCNC(=O)N[C@@H](CCCNC(=N)N[N+](=O)[O-])C(=O)N[C@@H](CC(C)C)B1O[C@@H]2C[C@@H]3C[C@@H](C3(C)C)[C@]2(C)O1. The van der Waals surface area contributed by atoms with Crippen molar-refractivity contribution in [3.8, 4) is 0 Å². The Hall–Kier alpha value is -2.61. The van der Waals surface area contributed by atoms with Crippen molar-refractivity contribution in [3.05, 3.63) is 10.1 Å². The minimum atomic E-state index is -0.849. The van der Waals surface area contributed by atoms with Crippen LogP contribution < -0.4 is 26.7 Å². The number of nitrogens with one attached hydrogen (secondary N) is 6. The van der Waals surface area contributed by atoms with Gasteiger partial charge in [-0.25, -0.2) is 14.9 Å². The molecule has 3 amide bonds. The van der Waals surface area contributed by atoms with Crippen molar-refractivity contribution >= 4 is 25.0 Å². The average molecular weight is 664 g/mol. The highest BCUT2D eigenvalue weighted by Gasteiger charge is 2.68. The molecule has 6 N–H and O–H groups in total. The summed E-state index contributed by atoms with van der Waals surface area (Å²) in [7, 11) is -0.581. The third-order valence-corrected chi connectivity index (χ3v) is 10.7. The number of unbranched alkanes of at least 4 members (excludes halogenated alkanes) is 8. The van der Waals surface area contributed by atoms with E-state index < -0.39 is 41.7 Å². The molecule has 4 rings (SSSR count). The summed E-state index contributed by atoms with van der Waals surface area (Å²) < 4.78 is 13.2. The Morgan fingerprint density at radius 1 is 0.957 bits per heavy atom. The Bertz CT molecular complexity index is 1050. The summed E-state index contributed by atoms with van der Waals surface area (Å²) in [6.45, 7) is 14.0. The summed E-state index contributed by atoms with van der Waals surface area (Å²) in [5.41, 5.74) is 1.56. The Labute approximate surface area is 282 Å². The van der Waals surface area contributed by atoms with Gasteiger partial charge in [0.25, 0.3) is 5.96 Å². The van der Waals surface area contributed by atoms with Gasteiger partial charge >= 0.3 is 13.1 Å². The van der Waals surface area contributed by atoms with Crippen LogP contribution in [-0.4, -0.2) is 66.8 Å². The summed E-state index contributed by atoms with van der Waals surface area (Å²) >= 11 is 0. The monoisotopic (exact) mass is 663 g/mol. The third kappa shape index (κ3) is 11.2. The van der Waals surface area contributed by atoms with Crippen molar-refractivity contribution in [1.29, 1.82) is 5.41 Å². The van der Waals surface area contributed by atoms with Gasteiger partial charge in [-0.3, -0.25) is 10.2 Å². The van der Waals surface area contributed by atoms with Crippen LogP contribution in [0.5, 0.6) is 0 Å². The Morgan fingerprint density at radius 3 is 2.21 bits per heavy atom. The van der Waals surface area contributed by atoms with Crippen molar-refractivity contribution in [1.82, 2.24) is 26.7 Å². The molecule has 0 aromatic rings. The van der Waals surface area contributed by atoms with Gasteiger partial charge in [-0.1, -0.05) is 91.4 Å². The zero-order chi connectivity index (χ0) is 34.6. The average Bonchev–Trinajstić information content (AvgIpc) is 3.36. The lowest BCUT2D eigenvalue weighted by Crippen LogP contribution is -2.65. The number of hydrogen-bond acceptors (Lipinski definition) is 7. The molecule has 13 nitrogen and oxygen atoms in total.